The summed E-state index contributed by atoms with van der Waals surface area (Å²) in [6, 6.07) is 3.52. The van der Waals surface area contributed by atoms with Gasteiger partial charge >= 0.3 is 0 Å². The van der Waals surface area contributed by atoms with E-state index in [1.165, 1.54) is 0 Å². The molecule has 0 amide bonds. The Labute approximate surface area is 151 Å². The largest absolute Gasteiger partial charge is 0.335 e. The molecule has 2 heterocycles. The van der Waals surface area contributed by atoms with Crippen molar-refractivity contribution in [1.82, 2.24) is 14.8 Å². The lowest BCUT2D eigenvalue weighted by Crippen LogP contribution is -2.55. The molecule has 25 heavy (non-hydrogen) atoms. The van der Waals surface area contributed by atoms with Crippen LogP contribution in [-0.2, 0) is 16.0 Å². The minimum absolute atomic E-state index is 0.220. The third-order valence-corrected chi connectivity index (χ3v) is 3.80. The second kappa shape index (κ2) is 9.50. The van der Waals surface area contributed by atoms with Crippen LogP contribution in [0.15, 0.2) is 23.4 Å². The van der Waals surface area contributed by atoms with Crippen molar-refractivity contribution in [3.05, 3.63) is 39.2 Å². The molecule has 0 atom stereocenters. The van der Waals surface area contributed by atoms with Gasteiger partial charge in [0.15, 0.2) is 5.03 Å². The smallest absolute Gasteiger partial charge is 0.278 e. The molecule has 0 saturated carbocycles. The molecule has 0 bridgehead atoms. The first kappa shape index (κ1) is 19.4. The molecule has 138 valence electrons. The summed E-state index contributed by atoms with van der Waals surface area (Å²) in [5, 5.41) is 14.3. The predicted molar refractivity (Wildman–Crippen MR) is 92.4 cm³/mol. The van der Waals surface area contributed by atoms with Gasteiger partial charge in [0, 0.05) is 39.0 Å². The van der Waals surface area contributed by atoms with Crippen LogP contribution >= 0.6 is 11.6 Å². The summed E-state index contributed by atoms with van der Waals surface area (Å²) in [5.41, 5.74) is 0.881. The highest BCUT2D eigenvalue weighted by Gasteiger charge is 2.33. The Morgan fingerprint density at radius 2 is 2.08 bits per heavy atom. The first-order chi connectivity index (χ1) is 12.0. The maximum atomic E-state index is 11.0. The molecule has 0 radical (unpaired) electrons. The van der Waals surface area contributed by atoms with Gasteiger partial charge in [0.25, 0.3) is 5.96 Å². The second-order valence-electron chi connectivity index (χ2n) is 5.31. The molecule has 2 rings (SSSR count). The van der Waals surface area contributed by atoms with E-state index in [2.05, 4.69) is 10.1 Å². The Balaban J connectivity index is 2.25. The van der Waals surface area contributed by atoms with Crippen molar-refractivity contribution in [2.75, 3.05) is 26.3 Å². The molecule has 1 fully saturated rings. The quantitative estimate of drug-likeness (QED) is 0.299. The van der Waals surface area contributed by atoms with E-state index < -0.39 is 11.4 Å². The number of hydrogen-bond donors (Lipinski definition) is 0. The van der Waals surface area contributed by atoms with Crippen LogP contribution in [0, 0.1) is 10.1 Å². The molecular formula is C15H22ClN5O4. The molecule has 1 aromatic heterocycles. The molecule has 1 aromatic rings. The van der Waals surface area contributed by atoms with Crippen LogP contribution in [0.4, 0.5) is 0 Å². The zero-order valence-corrected chi connectivity index (χ0v) is 15.1. The fraction of sp³-hybridized carbons (Fsp3) is 0.600. The van der Waals surface area contributed by atoms with Crippen molar-refractivity contribution in [3.63, 3.8) is 0 Å². The average molecular weight is 372 g/mol. The van der Waals surface area contributed by atoms with Gasteiger partial charge in [0.1, 0.15) is 10.3 Å². The monoisotopic (exact) mass is 371 g/mol. The van der Waals surface area contributed by atoms with Crippen molar-refractivity contribution in [2.45, 2.75) is 33.2 Å². The van der Waals surface area contributed by atoms with Gasteiger partial charge in [-0.1, -0.05) is 17.7 Å². The number of hydrogen-bond acceptors (Lipinski definition) is 5. The lowest BCUT2D eigenvalue weighted by molar-refractivity contribution is -0.487. The average Bonchev–Trinajstić information content (AvgIpc) is 2.58. The van der Waals surface area contributed by atoms with Gasteiger partial charge in [-0.2, -0.15) is 0 Å². The van der Waals surface area contributed by atoms with Crippen LogP contribution in [0.3, 0.4) is 0 Å². The number of halogens is 1. The number of hydrazone groups is 1. The SMILES string of the molecule is CCOC(OCC)N1CCCN(Cc2ccc(Cl)nc2)C1=N[N+](=O)[O-]. The molecule has 1 saturated heterocycles. The fourth-order valence-electron chi connectivity index (χ4n) is 2.59. The molecule has 9 nitrogen and oxygen atoms in total. The van der Waals surface area contributed by atoms with E-state index in [0.717, 1.165) is 12.0 Å². The van der Waals surface area contributed by atoms with Gasteiger partial charge in [-0.25, -0.2) is 15.1 Å². The van der Waals surface area contributed by atoms with Crippen LogP contribution in [0.1, 0.15) is 25.8 Å². The van der Waals surface area contributed by atoms with Crippen molar-refractivity contribution in [3.8, 4) is 0 Å². The van der Waals surface area contributed by atoms with Crippen molar-refractivity contribution in [2.24, 2.45) is 5.10 Å². The first-order valence-electron chi connectivity index (χ1n) is 8.13. The molecule has 0 aliphatic carbocycles. The van der Waals surface area contributed by atoms with E-state index >= 15 is 0 Å². The fourth-order valence-corrected chi connectivity index (χ4v) is 2.70. The Kier molecular flexibility index (Phi) is 7.35. The van der Waals surface area contributed by atoms with Crippen LogP contribution in [-0.4, -0.2) is 58.5 Å². The third kappa shape index (κ3) is 5.52. The summed E-state index contributed by atoms with van der Waals surface area (Å²) in [6.45, 7) is 6.17. The Hall–Kier alpha value is -1.97. The molecule has 0 N–H and O–H groups in total. The standard InChI is InChI=1S/C15H22ClN5O4/c1-3-24-15(25-4-2)20-9-5-8-19(14(20)18-21(22)23)11-12-6-7-13(16)17-10-12/h6-7,10,15H,3-5,8-9,11H2,1-2H3. The van der Waals surface area contributed by atoms with Gasteiger partial charge in [-0.3, -0.25) is 4.90 Å². The Morgan fingerprint density at radius 3 is 2.64 bits per heavy atom. The number of pyridine rings is 1. The first-order valence-corrected chi connectivity index (χ1v) is 8.51. The lowest BCUT2D eigenvalue weighted by atomic mass is 10.2. The van der Waals surface area contributed by atoms with E-state index in [9.17, 15) is 10.1 Å². The zero-order chi connectivity index (χ0) is 18.2. The summed E-state index contributed by atoms with van der Waals surface area (Å²) >= 11 is 5.81. The van der Waals surface area contributed by atoms with E-state index in [1.807, 2.05) is 24.8 Å². The van der Waals surface area contributed by atoms with Crippen LogP contribution in [0.2, 0.25) is 5.15 Å². The van der Waals surface area contributed by atoms with E-state index in [1.54, 1.807) is 17.2 Å². The number of ether oxygens (including phenoxy) is 2. The minimum atomic E-state index is -0.708. The molecule has 10 heteroatoms. The van der Waals surface area contributed by atoms with Gasteiger partial charge < -0.3 is 14.4 Å². The highest BCUT2D eigenvalue weighted by molar-refractivity contribution is 6.29. The second-order valence-corrected chi connectivity index (χ2v) is 5.70. The summed E-state index contributed by atoms with van der Waals surface area (Å²) in [4.78, 5) is 18.6. The van der Waals surface area contributed by atoms with E-state index in [0.29, 0.717) is 38.0 Å². The van der Waals surface area contributed by atoms with Crippen LogP contribution in [0.5, 0.6) is 0 Å². The zero-order valence-electron chi connectivity index (χ0n) is 14.3. The molecule has 1 aliphatic rings. The number of nitrogens with zero attached hydrogens (tertiary/aromatic N) is 5. The minimum Gasteiger partial charge on any atom is -0.335 e. The Bertz CT molecular complexity index is 592. The van der Waals surface area contributed by atoms with E-state index in [-0.39, 0.29) is 5.96 Å². The van der Waals surface area contributed by atoms with Gasteiger partial charge in [-0.15, -0.1) is 0 Å². The molecule has 0 spiro atoms. The van der Waals surface area contributed by atoms with Gasteiger partial charge in [-0.05, 0) is 31.9 Å². The van der Waals surface area contributed by atoms with Gasteiger partial charge in [0.2, 0.25) is 6.41 Å². The van der Waals surface area contributed by atoms with Gasteiger partial charge in [0.05, 0.1) is 0 Å². The van der Waals surface area contributed by atoms with E-state index in [4.69, 9.17) is 21.1 Å². The molecule has 1 aliphatic heterocycles. The number of nitro groups is 1. The summed E-state index contributed by atoms with van der Waals surface area (Å²) in [7, 11) is 0. The summed E-state index contributed by atoms with van der Waals surface area (Å²) in [5.74, 6) is 0.220. The maximum Gasteiger partial charge on any atom is 0.278 e. The number of rotatable bonds is 8. The molecule has 0 unspecified atom stereocenters. The third-order valence-electron chi connectivity index (χ3n) is 3.57. The lowest BCUT2D eigenvalue weighted by Gasteiger charge is -2.40. The van der Waals surface area contributed by atoms with Crippen LogP contribution < -0.4 is 0 Å². The number of guanidine groups is 1. The highest BCUT2D eigenvalue weighted by atomic mass is 35.5. The maximum absolute atomic E-state index is 11.0. The molecular weight excluding hydrogens is 350 g/mol. The predicted octanol–water partition coefficient (Wildman–Crippen LogP) is 2.15. The van der Waals surface area contributed by atoms with Crippen LogP contribution in [0.25, 0.3) is 0 Å². The highest BCUT2D eigenvalue weighted by Crippen LogP contribution is 2.18. The normalized spacial score (nSPS) is 16.7. The topological polar surface area (TPSA) is 93.3 Å². The van der Waals surface area contributed by atoms with Crippen molar-refractivity contribution in [1.29, 1.82) is 0 Å². The summed E-state index contributed by atoms with van der Waals surface area (Å²) < 4.78 is 11.2. The Morgan fingerprint density at radius 1 is 1.36 bits per heavy atom. The number of aromatic nitrogens is 1. The van der Waals surface area contributed by atoms with Crippen molar-refractivity contribution < 1.29 is 14.5 Å². The molecule has 0 aromatic carbocycles. The van der Waals surface area contributed by atoms with Crippen molar-refractivity contribution >= 4 is 17.6 Å². The summed E-state index contributed by atoms with van der Waals surface area (Å²) in [6.07, 6.45) is 1.74.